The highest BCUT2D eigenvalue weighted by Gasteiger charge is 2.29. The molecule has 0 spiro atoms. The standard InChI is InChI=1S/C63H125N3O3/c1-6-10-14-18-22-26-34-44-54-65(55-45-35-27-23-19-15-11-7-2)62(68)48-40-32-30-38-42-52-64(60-50-51-61(67)59(5)58-60)53-43-39-31-33-41-49-63(69)66(56-46-36-28-24-20-16-12-8-3)57-47-37-29-25-21-17-13-9-4/h59-61,67H,6-58H2,1-5H3/t59-,60-,61+/m0/s1. The average molecular weight is 973 g/mol. The topological polar surface area (TPSA) is 64.1 Å². The van der Waals surface area contributed by atoms with E-state index >= 15 is 0 Å². The lowest BCUT2D eigenvalue weighted by Gasteiger charge is -2.39. The Labute approximate surface area is 433 Å². The number of aliphatic hydroxyl groups excluding tert-OH is 1. The van der Waals surface area contributed by atoms with Crippen molar-refractivity contribution in [1.82, 2.24) is 14.7 Å². The molecule has 0 aromatic rings. The summed E-state index contributed by atoms with van der Waals surface area (Å²) in [5.74, 6) is 1.22. The van der Waals surface area contributed by atoms with Gasteiger partial charge in [-0.05, 0) is 89.6 Å². The number of hydrogen-bond acceptors (Lipinski definition) is 4. The molecule has 410 valence electrons. The molecule has 6 nitrogen and oxygen atoms in total. The molecule has 3 atom stereocenters. The Morgan fingerprint density at radius 1 is 0.348 bits per heavy atom. The summed E-state index contributed by atoms with van der Waals surface area (Å²) < 4.78 is 0. The lowest BCUT2D eigenvalue weighted by Crippen LogP contribution is -2.43. The number of carbonyl (C=O) groups excluding carboxylic acids is 2. The molecule has 0 heterocycles. The van der Waals surface area contributed by atoms with Crippen LogP contribution < -0.4 is 0 Å². The summed E-state index contributed by atoms with van der Waals surface area (Å²) in [7, 11) is 0. The van der Waals surface area contributed by atoms with Crippen molar-refractivity contribution in [1.29, 1.82) is 0 Å². The molecule has 1 saturated carbocycles. The van der Waals surface area contributed by atoms with E-state index in [0.717, 1.165) is 71.1 Å². The zero-order valence-corrected chi connectivity index (χ0v) is 47.8. The lowest BCUT2D eigenvalue weighted by atomic mass is 9.83. The zero-order chi connectivity index (χ0) is 50.1. The van der Waals surface area contributed by atoms with Crippen molar-refractivity contribution in [3.63, 3.8) is 0 Å². The molecule has 0 aliphatic heterocycles. The quantitative estimate of drug-likeness (QED) is 0.0617. The normalized spacial score (nSPS) is 16.2. The number of hydrogen-bond donors (Lipinski definition) is 1. The first kappa shape index (κ1) is 65.9. The smallest absolute Gasteiger partial charge is 0.222 e. The van der Waals surface area contributed by atoms with Crippen LogP contribution >= 0.6 is 0 Å². The molecule has 0 saturated heterocycles. The Balaban J connectivity index is 2.49. The second-order valence-corrected chi connectivity index (χ2v) is 22.7. The Kier molecular flexibility index (Phi) is 48.1. The Hall–Kier alpha value is -1.14. The van der Waals surface area contributed by atoms with Crippen molar-refractivity contribution in [2.75, 3.05) is 39.3 Å². The fraction of sp³-hybridized carbons (Fsp3) is 0.968. The Morgan fingerprint density at radius 2 is 0.594 bits per heavy atom. The highest BCUT2D eigenvalue weighted by Crippen LogP contribution is 2.29. The maximum absolute atomic E-state index is 13.5. The highest BCUT2D eigenvalue weighted by atomic mass is 16.3. The molecule has 6 heteroatoms. The predicted molar refractivity (Wildman–Crippen MR) is 303 cm³/mol. The molecule has 0 unspecified atom stereocenters. The van der Waals surface area contributed by atoms with Crippen LogP contribution in [0.1, 0.15) is 336 Å². The van der Waals surface area contributed by atoms with E-state index in [1.54, 1.807) is 0 Å². The molecule has 0 aromatic heterocycles. The van der Waals surface area contributed by atoms with Crippen LogP contribution in [0.4, 0.5) is 0 Å². The highest BCUT2D eigenvalue weighted by molar-refractivity contribution is 5.76. The van der Waals surface area contributed by atoms with Crippen LogP contribution in [0.25, 0.3) is 0 Å². The Bertz CT molecular complexity index is 976. The van der Waals surface area contributed by atoms with Crippen molar-refractivity contribution < 1.29 is 14.7 Å². The summed E-state index contributed by atoms with van der Waals surface area (Å²) in [6.45, 7) is 17.6. The number of rotatable bonds is 53. The SMILES string of the molecule is CCCCCCCCCCN(CCCCCCCCCC)C(=O)CCCCCCCN(CCCCCCCC(=O)N(CCCCCCCCCC)CCCCCCCCCC)[C@H]1CC[C@@H](O)[C@@H](C)C1. The summed E-state index contributed by atoms with van der Waals surface area (Å²) in [5, 5.41) is 10.5. The van der Waals surface area contributed by atoms with Crippen LogP contribution in [0.15, 0.2) is 0 Å². The molecule has 1 aliphatic carbocycles. The van der Waals surface area contributed by atoms with E-state index < -0.39 is 0 Å². The van der Waals surface area contributed by atoms with Crippen LogP contribution in [0.3, 0.4) is 0 Å². The van der Waals surface area contributed by atoms with Gasteiger partial charge in [0.25, 0.3) is 0 Å². The van der Waals surface area contributed by atoms with Crippen molar-refractivity contribution in [2.45, 2.75) is 349 Å². The molecule has 0 bridgehead atoms. The number of carbonyl (C=O) groups is 2. The van der Waals surface area contributed by atoms with Crippen LogP contribution in [0.5, 0.6) is 0 Å². The summed E-state index contributed by atoms with van der Waals surface area (Å²) in [4.78, 5) is 34.3. The van der Waals surface area contributed by atoms with Gasteiger partial charge in [-0.2, -0.15) is 0 Å². The minimum Gasteiger partial charge on any atom is -0.393 e. The van der Waals surface area contributed by atoms with Gasteiger partial charge in [-0.1, -0.05) is 253 Å². The predicted octanol–water partition coefficient (Wildman–Crippen LogP) is 18.7. The molecule has 1 N–H and O–H groups in total. The molecule has 1 aliphatic rings. The molecular weight excluding hydrogens is 847 g/mol. The molecule has 0 radical (unpaired) electrons. The van der Waals surface area contributed by atoms with Crippen molar-refractivity contribution >= 4 is 11.8 Å². The largest absolute Gasteiger partial charge is 0.393 e. The number of nitrogens with zero attached hydrogens (tertiary/aromatic N) is 3. The molecule has 0 aromatic carbocycles. The van der Waals surface area contributed by atoms with E-state index in [1.807, 2.05) is 0 Å². The van der Waals surface area contributed by atoms with Gasteiger partial charge in [0.05, 0.1) is 6.10 Å². The van der Waals surface area contributed by atoms with Gasteiger partial charge in [0.2, 0.25) is 11.8 Å². The summed E-state index contributed by atoms with van der Waals surface area (Å²) in [6.07, 6.45) is 58.6. The first-order valence-corrected chi connectivity index (χ1v) is 31.8. The van der Waals surface area contributed by atoms with E-state index in [4.69, 9.17) is 0 Å². The fourth-order valence-electron chi connectivity index (χ4n) is 11.2. The maximum Gasteiger partial charge on any atom is 0.222 e. The van der Waals surface area contributed by atoms with Crippen molar-refractivity contribution in [3.05, 3.63) is 0 Å². The summed E-state index contributed by atoms with van der Waals surface area (Å²) in [5.41, 5.74) is 0. The van der Waals surface area contributed by atoms with Gasteiger partial charge in [0, 0.05) is 45.1 Å². The average Bonchev–Trinajstić information content (AvgIpc) is 3.35. The molecule has 69 heavy (non-hydrogen) atoms. The second kappa shape index (κ2) is 50.4. The van der Waals surface area contributed by atoms with E-state index in [1.165, 1.54) is 270 Å². The zero-order valence-electron chi connectivity index (χ0n) is 47.8. The van der Waals surface area contributed by atoms with Crippen LogP contribution in [-0.2, 0) is 9.59 Å². The van der Waals surface area contributed by atoms with Gasteiger partial charge < -0.3 is 19.8 Å². The molecular formula is C63H125N3O3. The van der Waals surface area contributed by atoms with Gasteiger partial charge in [0.15, 0.2) is 0 Å². The van der Waals surface area contributed by atoms with Gasteiger partial charge in [-0.25, -0.2) is 0 Å². The minimum absolute atomic E-state index is 0.137. The van der Waals surface area contributed by atoms with Crippen molar-refractivity contribution in [2.24, 2.45) is 5.92 Å². The third-order valence-electron chi connectivity index (χ3n) is 16.1. The summed E-state index contributed by atoms with van der Waals surface area (Å²) in [6, 6.07) is 0.597. The molecule has 2 amide bonds. The minimum atomic E-state index is -0.137. The van der Waals surface area contributed by atoms with Crippen LogP contribution in [0.2, 0.25) is 0 Å². The first-order chi connectivity index (χ1) is 33.9. The van der Waals surface area contributed by atoms with Crippen LogP contribution in [0, 0.1) is 5.92 Å². The van der Waals surface area contributed by atoms with Gasteiger partial charge in [0.1, 0.15) is 0 Å². The van der Waals surface area contributed by atoms with Crippen molar-refractivity contribution in [3.8, 4) is 0 Å². The number of amides is 2. The lowest BCUT2D eigenvalue weighted by molar-refractivity contribution is -0.132. The first-order valence-electron chi connectivity index (χ1n) is 31.8. The van der Waals surface area contributed by atoms with Crippen LogP contribution in [-0.4, -0.2) is 83.0 Å². The third-order valence-corrected chi connectivity index (χ3v) is 16.1. The molecule has 1 fully saturated rings. The summed E-state index contributed by atoms with van der Waals surface area (Å²) >= 11 is 0. The third kappa shape index (κ3) is 40.0. The van der Waals surface area contributed by atoms with E-state index in [0.29, 0.717) is 23.8 Å². The number of aliphatic hydroxyl groups is 1. The van der Waals surface area contributed by atoms with Gasteiger partial charge >= 0.3 is 0 Å². The molecule has 1 rings (SSSR count). The van der Waals surface area contributed by atoms with E-state index in [2.05, 4.69) is 49.3 Å². The fourth-order valence-corrected chi connectivity index (χ4v) is 11.2. The Morgan fingerprint density at radius 3 is 0.870 bits per heavy atom. The van der Waals surface area contributed by atoms with E-state index in [-0.39, 0.29) is 6.10 Å². The monoisotopic (exact) mass is 972 g/mol. The maximum atomic E-state index is 13.5. The van der Waals surface area contributed by atoms with Gasteiger partial charge in [-0.3, -0.25) is 9.59 Å². The second-order valence-electron chi connectivity index (χ2n) is 22.7. The van der Waals surface area contributed by atoms with Gasteiger partial charge in [-0.15, -0.1) is 0 Å². The van der Waals surface area contributed by atoms with E-state index in [9.17, 15) is 14.7 Å². The number of unbranched alkanes of at least 4 members (excludes halogenated alkanes) is 36.